The van der Waals surface area contributed by atoms with Gasteiger partial charge in [-0.3, -0.25) is 9.48 Å². The number of alkyl halides is 3. The zero-order chi connectivity index (χ0) is 15.1. The van der Waals surface area contributed by atoms with Crippen LogP contribution in [0, 0.1) is 6.92 Å². The Morgan fingerprint density at radius 1 is 1.50 bits per heavy atom. The molecule has 0 saturated carbocycles. The number of carbonyl (C=O) groups excluding carboxylic acids is 1. The van der Waals surface area contributed by atoms with E-state index in [1.165, 1.54) is 24.0 Å². The van der Waals surface area contributed by atoms with Gasteiger partial charge >= 0.3 is 6.18 Å². The van der Waals surface area contributed by atoms with Crippen molar-refractivity contribution >= 4 is 11.6 Å². The first-order valence-electron chi connectivity index (χ1n) is 5.79. The van der Waals surface area contributed by atoms with Gasteiger partial charge in [-0.15, -0.1) is 0 Å². The van der Waals surface area contributed by atoms with Crippen LogP contribution in [-0.2, 0) is 11.3 Å². The molecule has 1 aromatic rings. The number of hydrogen-bond donors (Lipinski definition) is 1. The van der Waals surface area contributed by atoms with Crippen LogP contribution in [0.2, 0.25) is 0 Å². The molecule has 0 aliphatic carbocycles. The normalized spacial score (nSPS) is 23.1. The first kappa shape index (κ1) is 14.5. The van der Waals surface area contributed by atoms with Gasteiger partial charge in [-0.1, -0.05) is 0 Å². The second-order valence-corrected chi connectivity index (χ2v) is 4.75. The fraction of sp³-hybridized carbons (Fsp3) is 0.545. The first-order chi connectivity index (χ1) is 9.13. The fourth-order valence-corrected chi connectivity index (χ4v) is 1.96. The molecule has 1 atom stereocenters. The summed E-state index contributed by atoms with van der Waals surface area (Å²) < 4.78 is 40.0. The van der Waals surface area contributed by atoms with Crippen molar-refractivity contribution in [2.45, 2.75) is 38.7 Å². The van der Waals surface area contributed by atoms with E-state index in [0.29, 0.717) is 0 Å². The number of hydrazone groups is 1. The van der Waals surface area contributed by atoms with Crippen molar-refractivity contribution in [1.82, 2.24) is 14.8 Å². The van der Waals surface area contributed by atoms with E-state index in [0.717, 1.165) is 5.56 Å². The molecule has 9 heteroatoms. The monoisotopic (exact) mass is 290 g/mol. The molecule has 110 valence electrons. The molecule has 0 bridgehead atoms. The molecule has 0 fully saturated rings. The Hall–Kier alpha value is -1.90. The topological polar surface area (TPSA) is 70.7 Å². The van der Waals surface area contributed by atoms with Gasteiger partial charge in [-0.05, 0) is 19.4 Å². The van der Waals surface area contributed by atoms with Crippen molar-refractivity contribution in [2.75, 3.05) is 0 Å². The highest BCUT2D eigenvalue weighted by Gasteiger charge is 2.62. The molecule has 0 spiro atoms. The van der Waals surface area contributed by atoms with Gasteiger partial charge in [0.25, 0.3) is 11.6 Å². The first-order valence-corrected chi connectivity index (χ1v) is 5.79. The zero-order valence-electron chi connectivity index (χ0n) is 10.8. The van der Waals surface area contributed by atoms with Crippen LogP contribution in [0.3, 0.4) is 0 Å². The summed E-state index contributed by atoms with van der Waals surface area (Å²) in [6.45, 7) is 2.63. The third-order valence-corrected chi connectivity index (χ3v) is 2.87. The number of rotatable bonds is 2. The molecule has 1 aliphatic rings. The second-order valence-electron chi connectivity index (χ2n) is 4.75. The number of amides is 1. The Morgan fingerprint density at radius 3 is 2.65 bits per heavy atom. The van der Waals surface area contributed by atoms with Gasteiger partial charge in [0, 0.05) is 18.3 Å². The average molecular weight is 290 g/mol. The van der Waals surface area contributed by atoms with Crippen LogP contribution in [0.15, 0.2) is 17.5 Å². The fourth-order valence-electron chi connectivity index (χ4n) is 1.96. The van der Waals surface area contributed by atoms with Gasteiger partial charge in [-0.2, -0.15) is 28.4 Å². The molecule has 2 heterocycles. The molecule has 2 rings (SSSR count). The molecule has 0 saturated heterocycles. The molecular formula is C11H13F3N4O2. The minimum Gasteiger partial charge on any atom is -0.362 e. The van der Waals surface area contributed by atoms with Gasteiger partial charge in [0.2, 0.25) is 0 Å². The summed E-state index contributed by atoms with van der Waals surface area (Å²) >= 11 is 0. The number of nitrogens with zero attached hydrogens (tertiary/aromatic N) is 4. The summed E-state index contributed by atoms with van der Waals surface area (Å²) in [6, 6.07) is 0. The smallest absolute Gasteiger partial charge is 0.362 e. The Bertz CT molecular complexity index is 566. The molecule has 0 unspecified atom stereocenters. The predicted octanol–water partition coefficient (Wildman–Crippen LogP) is 1.05. The molecule has 6 nitrogen and oxygen atoms in total. The molecule has 0 aromatic carbocycles. The van der Waals surface area contributed by atoms with Gasteiger partial charge in [0.1, 0.15) is 6.54 Å². The maximum atomic E-state index is 12.9. The molecule has 1 aromatic heterocycles. The van der Waals surface area contributed by atoms with Gasteiger partial charge < -0.3 is 5.11 Å². The summed E-state index contributed by atoms with van der Waals surface area (Å²) in [7, 11) is 0. The molecule has 1 N–H and O–H groups in total. The highest BCUT2D eigenvalue weighted by atomic mass is 19.4. The van der Waals surface area contributed by atoms with E-state index in [4.69, 9.17) is 0 Å². The zero-order valence-corrected chi connectivity index (χ0v) is 10.8. The van der Waals surface area contributed by atoms with E-state index in [1.807, 2.05) is 0 Å². The Kier molecular flexibility index (Phi) is 3.32. The third-order valence-electron chi connectivity index (χ3n) is 2.87. The lowest BCUT2D eigenvalue weighted by atomic mass is 10.1. The maximum absolute atomic E-state index is 12.9. The summed E-state index contributed by atoms with van der Waals surface area (Å²) in [6.07, 6.45) is -2.75. The van der Waals surface area contributed by atoms with E-state index < -0.39 is 30.8 Å². The van der Waals surface area contributed by atoms with Crippen molar-refractivity contribution in [3.63, 3.8) is 0 Å². The number of hydrogen-bond acceptors (Lipinski definition) is 4. The average Bonchev–Trinajstić information content (AvgIpc) is 2.82. The largest absolute Gasteiger partial charge is 0.438 e. The molecular weight excluding hydrogens is 277 g/mol. The minimum atomic E-state index is -4.98. The van der Waals surface area contributed by atoms with Gasteiger partial charge in [0.15, 0.2) is 0 Å². The van der Waals surface area contributed by atoms with E-state index in [-0.39, 0.29) is 10.7 Å². The van der Waals surface area contributed by atoms with Crippen molar-refractivity contribution in [3.8, 4) is 0 Å². The quantitative estimate of drug-likeness (QED) is 0.885. The SMILES string of the molecule is CC1=NN(C(=O)Cn2cc(C)cn2)[C@](O)(C(F)(F)F)C1. The van der Waals surface area contributed by atoms with E-state index in [1.54, 1.807) is 6.92 Å². The summed E-state index contributed by atoms with van der Waals surface area (Å²) in [5, 5.41) is 17.2. The second kappa shape index (κ2) is 4.58. The molecule has 1 amide bonds. The van der Waals surface area contributed by atoms with Crippen LogP contribution < -0.4 is 0 Å². The molecule has 1 aliphatic heterocycles. The van der Waals surface area contributed by atoms with Crippen LogP contribution in [0.4, 0.5) is 13.2 Å². The van der Waals surface area contributed by atoms with Crippen LogP contribution >= 0.6 is 0 Å². The van der Waals surface area contributed by atoms with Crippen LogP contribution in [0.25, 0.3) is 0 Å². The summed E-state index contributed by atoms with van der Waals surface area (Å²) in [5.74, 6) is -0.982. The Balaban J connectivity index is 2.23. The lowest BCUT2D eigenvalue weighted by Crippen LogP contribution is -2.57. The van der Waals surface area contributed by atoms with Crippen LogP contribution in [-0.4, -0.2) is 43.4 Å². The Labute approximate surface area is 112 Å². The van der Waals surface area contributed by atoms with Crippen molar-refractivity contribution in [1.29, 1.82) is 0 Å². The minimum absolute atomic E-state index is 0.0369. The Morgan fingerprint density at radius 2 is 2.15 bits per heavy atom. The predicted molar refractivity (Wildman–Crippen MR) is 62.5 cm³/mol. The summed E-state index contributed by atoms with van der Waals surface area (Å²) in [5.41, 5.74) is -2.48. The van der Waals surface area contributed by atoms with E-state index in [2.05, 4.69) is 10.2 Å². The van der Waals surface area contributed by atoms with Gasteiger partial charge in [-0.25, -0.2) is 0 Å². The third kappa shape index (κ3) is 2.40. The number of halogens is 3. The van der Waals surface area contributed by atoms with Crippen LogP contribution in [0.5, 0.6) is 0 Å². The standard InChI is InChI=1S/C11H13F3N4O2/c1-7-4-15-17(5-7)6-9(19)18-10(20,11(12,13)14)3-8(2)16-18/h4-5,20H,3,6H2,1-2H3/t10-/m1/s1. The van der Waals surface area contributed by atoms with E-state index >= 15 is 0 Å². The maximum Gasteiger partial charge on any atom is 0.438 e. The highest BCUT2D eigenvalue weighted by Crippen LogP contribution is 2.40. The number of aryl methyl sites for hydroxylation is 1. The highest BCUT2D eigenvalue weighted by molar-refractivity contribution is 5.89. The lowest BCUT2D eigenvalue weighted by Gasteiger charge is -2.32. The number of aliphatic hydroxyl groups is 1. The number of carbonyl (C=O) groups is 1. The van der Waals surface area contributed by atoms with Crippen molar-refractivity contribution in [2.24, 2.45) is 5.10 Å². The van der Waals surface area contributed by atoms with Crippen molar-refractivity contribution in [3.05, 3.63) is 18.0 Å². The number of aromatic nitrogens is 2. The van der Waals surface area contributed by atoms with Crippen LogP contribution in [0.1, 0.15) is 18.9 Å². The van der Waals surface area contributed by atoms with Gasteiger partial charge in [0.05, 0.1) is 6.20 Å². The van der Waals surface area contributed by atoms with E-state index in [9.17, 15) is 23.1 Å². The van der Waals surface area contributed by atoms with Crippen molar-refractivity contribution < 1.29 is 23.1 Å². The molecule has 20 heavy (non-hydrogen) atoms. The lowest BCUT2D eigenvalue weighted by molar-refractivity contribution is -0.302. The molecule has 0 radical (unpaired) electrons. The summed E-state index contributed by atoms with van der Waals surface area (Å²) in [4.78, 5) is 11.9.